The van der Waals surface area contributed by atoms with Crippen LogP contribution in [-0.2, 0) is 27.8 Å². The molecule has 7 rings (SSSR count). The number of hydrogen-bond acceptors (Lipinski definition) is 7. The molecule has 12 heteroatoms. The molecule has 1 amide bonds. The molecule has 2 N–H and O–H groups in total. The number of aromatic nitrogens is 1. The van der Waals surface area contributed by atoms with Gasteiger partial charge >= 0.3 is 5.97 Å². The smallest absolute Gasteiger partial charge is 0.306 e. The van der Waals surface area contributed by atoms with Gasteiger partial charge in [0.2, 0.25) is 5.85 Å². The number of ketones is 1. The van der Waals surface area contributed by atoms with E-state index in [0.717, 1.165) is 36.8 Å². The van der Waals surface area contributed by atoms with E-state index >= 15 is 4.39 Å². The van der Waals surface area contributed by atoms with Gasteiger partial charge in [-0.05, 0) is 75.1 Å². The summed E-state index contributed by atoms with van der Waals surface area (Å²) in [4.78, 5) is 46.9. The van der Waals surface area contributed by atoms with E-state index in [-0.39, 0.29) is 34.6 Å². The van der Waals surface area contributed by atoms with E-state index in [9.17, 15) is 19.5 Å². The third-order valence-electron chi connectivity index (χ3n) is 11.7. The third-order valence-corrected chi connectivity index (χ3v) is 12.0. The van der Waals surface area contributed by atoms with Gasteiger partial charge in [0.15, 0.2) is 5.78 Å². The van der Waals surface area contributed by atoms with Crippen LogP contribution in [0.3, 0.4) is 0 Å². The van der Waals surface area contributed by atoms with Crippen molar-refractivity contribution in [3.63, 3.8) is 0 Å². The van der Waals surface area contributed by atoms with Crippen LogP contribution in [0.5, 0.6) is 0 Å². The Morgan fingerprint density at radius 2 is 1.59 bits per heavy atom. The fraction of sp³-hybridized carbons (Fsp3) is 0.564. The van der Waals surface area contributed by atoms with E-state index in [2.05, 4.69) is 20.0 Å². The molecule has 4 aliphatic rings. The van der Waals surface area contributed by atoms with Crippen LogP contribution in [0.1, 0.15) is 80.1 Å². The monoisotopic (exact) mass is 721 g/mol. The quantitative estimate of drug-likeness (QED) is 0.238. The van der Waals surface area contributed by atoms with Crippen molar-refractivity contribution >= 4 is 45.9 Å². The zero-order chi connectivity index (χ0) is 35.7. The van der Waals surface area contributed by atoms with E-state index in [1.54, 1.807) is 6.20 Å². The number of Topliss-reactive ketones (excluding diaryl/α,β-unsaturated/α-hetero) is 1. The third kappa shape index (κ3) is 7.33. The first kappa shape index (κ1) is 36.0. The summed E-state index contributed by atoms with van der Waals surface area (Å²) in [6.45, 7) is 4.31. The Hall–Kier alpha value is -3.35. The minimum Gasteiger partial charge on any atom is -0.481 e. The molecule has 51 heavy (non-hydrogen) atoms. The average molecular weight is 722 g/mol. The maximum absolute atomic E-state index is 16.0. The van der Waals surface area contributed by atoms with Crippen LogP contribution in [0.15, 0.2) is 42.6 Å². The van der Waals surface area contributed by atoms with E-state index in [1.165, 1.54) is 37.8 Å². The maximum Gasteiger partial charge on any atom is 0.306 e. The molecule has 2 aliphatic heterocycles. The lowest BCUT2D eigenvalue weighted by Gasteiger charge is -2.52. The van der Waals surface area contributed by atoms with Crippen LogP contribution in [0.25, 0.3) is 10.9 Å². The molecule has 2 aliphatic carbocycles. The maximum atomic E-state index is 16.0. The number of carboxylic acid groups (broad SMARTS) is 1. The van der Waals surface area contributed by atoms with Crippen molar-refractivity contribution in [2.24, 2.45) is 13.0 Å². The number of carbonyl (C=O) groups excluding carboxylic acids is 2. The molecule has 3 aromatic rings. The van der Waals surface area contributed by atoms with E-state index in [1.807, 2.05) is 35.9 Å². The Morgan fingerprint density at radius 3 is 2.27 bits per heavy atom. The number of hydrogen-bond donors (Lipinski definition) is 2. The Bertz CT molecular complexity index is 1760. The van der Waals surface area contributed by atoms with Crippen molar-refractivity contribution in [1.82, 2.24) is 19.3 Å². The number of aliphatic carboxylic acids is 1. The molecular weight excluding hydrogens is 673 g/mol. The van der Waals surface area contributed by atoms with Gasteiger partial charge in [0, 0.05) is 75.9 Å². The highest BCUT2D eigenvalue weighted by Crippen LogP contribution is 2.38. The Morgan fingerprint density at radius 1 is 0.922 bits per heavy atom. The van der Waals surface area contributed by atoms with Crippen LogP contribution in [0.2, 0.25) is 5.02 Å². The summed E-state index contributed by atoms with van der Waals surface area (Å²) in [5.74, 6) is -3.90. The van der Waals surface area contributed by atoms with Crippen LogP contribution in [-0.4, -0.2) is 99.3 Å². The number of benzene rings is 2. The number of rotatable bonds is 11. The molecule has 2 aromatic carbocycles. The van der Waals surface area contributed by atoms with Gasteiger partial charge < -0.3 is 19.7 Å². The largest absolute Gasteiger partial charge is 0.481 e. The second-order valence-electron chi connectivity index (χ2n) is 14.8. The molecule has 2 saturated carbocycles. The number of para-hydroxylation sites is 1. The topological polar surface area (TPSA) is 107 Å². The number of piperazine rings is 1. The lowest BCUT2D eigenvalue weighted by Crippen LogP contribution is -2.71. The molecule has 1 unspecified atom stereocenters. The molecule has 274 valence electrons. The van der Waals surface area contributed by atoms with Crippen molar-refractivity contribution in [2.45, 2.75) is 88.6 Å². The average Bonchev–Trinajstić information content (AvgIpc) is 3.93. The summed E-state index contributed by atoms with van der Waals surface area (Å²) in [6, 6.07) is 10.8. The van der Waals surface area contributed by atoms with Crippen LogP contribution < -0.4 is 5.32 Å². The number of ether oxygens (including phenoxy) is 1. The Balaban J connectivity index is 1.15. The first-order valence-electron chi connectivity index (χ1n) is 18.7. The highest BCUT2D eigenvalue weighted by molar-refractivity contribution is 6.34. The fourth-order valence-electron chi connectivity index (χ4n) is 8.93. The van der Waals surface area contributed by atoms with Gasteiger partial charge in [0.25, 0.3) is 5.91 Å². The summed E-state index contributed by atoms with van der Waals surface area (Å²) < 4.78 is 24.9. The number of halogens is 2. The van der Waals surface area contributed by atoms with Crippen molar-refractivity contribution in [3.8, 4) is 0 Å². The van der Waals surface area contributed by atoms with Gasteiger partial charge in [0.1, 0.15) is 5.82 Å². The number of aryl methyl sites for hydroxylation is 1. The molecular formula is C39H49ClFN5O5. The summed E-state index contributed by atoms with van der Waals surface area (Å²) >= 11 is 6.70. The SMILES string of the molecule is Cn1cc(C(=O)Nc2cc(F)c(CC(=O)C(OC3CCC(C(=O)O)CC3)(N3CCCC3)N3CCN(C4CCCC4)CC3)cc2Cl)c2ccccc21. The number of carboxylic acids is 1. The minimum atomic E-state index is -1.40. The van der Waals surface area contributed by atoms with Gasteiger partial charge in [-0.3, -0.25) is 29.1 Å². The number of carbonyl (C=O) groups is 3. The Labute approximate surface area is 303 Å². The number of anilines is 1. The lowest BCUT2D eigenvalue weighted by atomic mass is 9.87. The van der Waals surface area contributed by atoms with Crippen molar-refractivity contribution in [1.29, 1.82) is 0 Å². The van der Waals surface area contributed by atoms with Crippen LogP contribution in [0.4, 0.5) is 10.1 Å². The van der Waals surface area contributed by atoms with Crippen molar-refractivity contribution in [3.05, 3.63) is 64.6 Å². The highest BCUT2D eigenvalue weighted by Gasteiger charge is 2.53. The standard InChI is InChI=1S/C39H49ClFN5O5/c1-43-25-31(30-10-4-5-11-35(30)43)37(48)42-34-24-33(41)27(22-32(34)40)23-36(47)39(45-16-6-7-17-45,51-29-14-12-26(13-15-29)38(49)50)46-20-18-44(19-21-46)28-8-2-3-9-28/h4-5,10-11,22,24-26,28-29H,2-3,6-9,12-21,23H2,1H3,(H,42,48)(H,49,50). The predicted octanol–water partition coefficient (Wildman–Crippen LogP) is 6.30. The van der Waals surface area contributed by atoms with Gasteiger partial charge in [-0.15, -0.1) is 0 Å². The zero-order valence-electron chi connectivity index (χ0n) is 29.4. The molecule has 3 heterocycles. The number of amides is 1. The number of nitrogens with one attached hydrogen (secondary N) is 1. The zero-order valence-corrected chi connectivity index (χ0v) is 30.2. The predicted molar refractivity (Wildman–Crippen MR) is 194 cm³/mol. The van der Waals surface area contributed by atoms with Crippen LogP contribution in [0, 0.1) is 11.7 Å². The molecule has 10 nitrogen and oxygen atoms in total. The number of nitrogens with zero attached hydrogens (tertiary/aromatic N) is 4. The van der Waals surface area contributed by atoms with Gasteiger partial charge in [-0.25, -0.2) is 4.39 Å². The van der Waals surface area contributed by atoms with Gasteiger partial charge in [0.05, 0.1) is 28.3 Å². The molecule has 0 radical (unpaired) electrons. The molecule has 0 bridgehead atoms. The molecule has 1 atom stereocenters. The highest BCUT2D eigenvalue weighted by atomic mass is 35.5. The van der Waals surface area contributed by atoms with Crippen molar-refractivity contribution < 1.29 is 28.6 Å². The lowest BCUT2D eigenvalue weighted by molar-refractivity contribution is -0.261. The van der Waals surface area contributed by atoms with Gasteiger partial charge in [-0.1, -0.05) is 42.6 Å². The Kier molecular flexibility index (Phi) is 10.8. The molecule has 2 saturated heterocycles. The number of fused-ring (bicyclic) bond motifs is 1. The molecule has 0 spiro atoms. The van der Waals surface area contributed by atoms with E-state index in [0.29, 0.717) is 63.5 Å². The van der Waals surface area contributed by atoms with E-state index < -0.39 is 29.5 Å². The second kappa shape index (κ2) is 15.3. The summed E-state index contributed by atoms with van der Waals surface area (Å²) in [5.41, 5.74) is 1.61. The molecule has 4 fully saturated rings. The van der Waals surface area contributed by atoms with Crippen LogP contribution >= 0.6 is 11.6 Å². The number of likely N-dealkylation sites (tertiary alicyclic amines) is 1. The normalized spacial score (nSPS) is 23.8. The minimum absolute atomic E-state index is 0.128. The first-order valence-corrected chi connectivity index (χ1v) is 19.0. The fourth-order valence-corrected chi connectivity index (χ4v) is 9.16. The van der Waals surface area contributed by atoms with Crippen molar-refractivity contribution in [2.75, 3.05) is 44.6 Å². The second-order valence-corrected chi connectivity index (χ2v) is 15.2. The summed E-state index contributed by atoms with van der Waals surface area (Å²) in [6.07, 6.45) is 10.1. The summed E-state index contributed by atoms with van der Waals surface area (Å²) in [7, 11) is 1.86. The first-order chi connectivity index (χ1) is 24.6. The summed E-state index contributed by atoms with van der Waals surface area (Å²) in [5, 5.41) is 13.3. The molecule has 1 aromatic heterocycles. The van der Waals surface area contributed by atoms with E-state index in [4.69, 9.17) is 16.3 Å². The van der Waals surface area contributed by atoms with Gasteiger partial charge in [-0.2, -0.15) is 0 Å².